The summed E-state index contributed by atoms with van der Waals surface area (Å²) in [6, 6.07) is 0. The molecule has 0 atom stereocenters. The molecule has 15 heavy (non-hydrogen) atoms. The molecule has 0 spiro atoms. The van der Waals surface area contributed by atoms with Crippen LogP contribution in [-0.2, 0) is 6.54 Å². The minimum Gasteiger partial charge on any atom is -0.477 e. The van der Waals surface area contributed by atoms with E-state index < -0.39 is 29.1 Å². The number of pyridine rings is 1. The van der Waals surface area contributed by atoms with Gasteiger partial charge in [-0.05, 0) is 0 Å². The second-order valence-electron chi connectivity index (χ2n) is 2.74. The van der Waals surface area contributed by atoms with Crippen LogP contribution in [0.4, 0.5) is 8.78 Å². The lowest BCUT2D eigenvalue weighted by atomic mass is 10.1. The number of aromatic carboxylic acids is 1. The van der Waals surface area contributed by atoms with E-state index in [9.17, 15) is 18.4 Å². The van der Waals surface area contributed by atoms with Crippen LogP contribution < -0.4 is 11.2 Å². The number of hydrogen-bond donors (Lipinski definition) is 3. The lowest BCUT2D eigenvalue weighted by Gasteiger charge is -2.05. The highest BCUT2D eigenvalue weighted by atomic mass is 19.3. The Kier molecular flexibility index (Phi) is 3.15. The predicted molar refractivity (Wildman–Crippen MR) is 46.9 cm³/mol. The molecular weight excluding hydrogens is 210 g/mol. The van der Waals surface area contributed by atoms with E-state index in [-0.39, 0.29) is 12.1 Å². The van der Waals surface area contributed by atoms with Crippen molar-refractivity contribution < 1.29 is 18.7 Å². The van der Waals surface area contributed by atoms with Crippen LogP contribution in [0.5, 0.6) is 0 Å². The molecule has 0 aromatic carbocycles. The number of nitrogens with two attached hydrogens (primary N) is 1. The number of H-pyrrole nitrogens is 1. The van der Waals surface area contributed by atoms with Gasteiger partial charge in [-0.3, -0.25) is 4.79 Å². The van der Waals surface area contributed by atoms with E-state index in [0.29, 0.717) is 0 Å². The molecule has 0 radical (unpaired) electrons. The minimum atomic E-state index is -3.15. The summed E-state index contributed by atoms with van der Waals surface area (Å²) >= 11 is 0. The Labute approximate surface area is 82.5 Å². The number of alkyl halides is 2. The van der Waals surface area contributed by atoms with E-state index in [1.807, 2.05) is 0 Å². The van der Waals surface area contributed by atoms with Crippen LogP contribution in [0.3, 0.4) is 0 Å². The van der Waals surface area contributed by atoms with Crippen molar-refractivity contribution in [1.29, 1.82) is 0 Å². The van der Waals surface area contributed by atoms with Crippen molar-refractivity contribution in [2.75, 3.05) is 0 Å². The van der Waals surface area contributed by atoms with E-state index in [2.05, 4.69) is 4.98 Å². The Balaban J connectivity index is 3.52. The highest BCUT2D eigenvalue weighted by molar-refractivity contribution is 5.87. The molecule has 4 N–H and O–H groups in total. The molecule has 0 aliphatic heterocycles. The Morgan fingerprint density at radius 2 is 2.20 bits per heavy atom. The quantitative estimate of drug-likeness (QED) is 0.687. The fraction of sp³-hybridized carbons (Fsp3) is 0.250. The number of carboxylic acids is 1. The van der Waals surface area contributed by atoms with E-state index in [1.165, 1.54) is 0 Å². The molecule has 0 amide bonds. The summed E-state index contributed by atoms with van der Waals surface area (Å²) in [4.78, 5) is 24.0. The largest absolute Gasteiger partial charge is 0.477 e. The lowest BCUT2D eigenvalue weighted by molar-refractivity contribution is 0.0676. The van der Waals surface area contributed by atoms with Gasteiger partial charge in [-0.25, -0.2) is 13.6 Å². The fourth-order valence-corrected chi connectivity index (χ4v) is 1.13. The topological polar surface area (TPSA) is 96.2 Å². The third-order valence-corrected chi connectivity index (χ3v) is 1.85. The molecule has 5 nitrogen and oxygen atoms in total. The SMILES string of the molecule is NCc1c[nH]c(C(=O)O)c(C(F)F)c1=O. The molecule has 82 valence electrons. The van der Waals surface area contributed by atoms with Gasteiger partial charge >= 0.3 is 5.97 Å². The van der Waals surface area contributed by atoms with Crippen LogP contribution in [0.2, 0.25) is 0 Å². The van der Waals surface area contributed by atoms with Gasteiger partial charge in [0.25, 0.3) is 6.43 Å². The minimum absolute atomic E-state index is 0.0738. The molecule has 1 aromatic heterocycles. The van der Waals surface area contributed by atoms with Crippen LogP contribution in [0.1, 0.15) is 28.0 Å². The predicted octanol–water partition coefficient (Wildman–Crippen LogP) is 0.469. The Bertz CT molecular complexity index is 442. The number of halogens is 2. The number of rotatable bonds is 3. The monoisotopic (exact) mass is 218 g/mol. The van der Waals surface area contributed by atoms with E-state index >= 15 is 0 Å². The van der Waals surface area contributed by atoms with Crippen molar-refractivity contribution >= 4 is 5.97 Å². The average molecular weight is 218 g/mol. The third-order valence-electron chi connectivity index (χ3n) is 1.85. The summed E-state index contributed by atoms with van der Waals surface area (Å²) < 4.78 is 24.9. The first-order valence-corrected chi connectivity index (χ1v) is 3.95. The van der Waals surface area contributed by atoms with E-state index in [4.69, 9.17) is 10.8 Å². The van der Waals surface area contributed by atoms with Gasteiger partial charge in [-0.15, -0.1) is 0 Å². The molecule has 0 saturated heterocycles. The van der Waals surface area contributed by atoms with Crippen molar-refractivity contribution in [3.8, 4) is 0 Å². The van der Waals surface area contributed by atoms with Crippen molar-refractivity contribution in [2.24, 2.45) is 5.73 Å². The van der Waals surface area contributed by atoms with Crippen molar-refractivity contribution in [3.05, 3.63) is 33.2 Å². The first kappa shape index (κ1) is 11.3. The van der Waals surface area contributed by atoms with Crippen molar-refractivity contribution in [1.82, 2.24) is 4.98 Å². The van der Waals surface area contributed by atoms with Crippen LogP contribution in [-0.4, -0.2) is 16.1 Å². The number of carboxylic acid groups (broad SMARTS) is 1. The molecule has 0 bridgehead atoms. The smallest absolute Gasteiger partial charge is 0.352 e. The summed E-state index contributed by atoms with van der Waals surface area (Å²) in [6.45, 7) is -0.227. The summed E-state index contributed by atoms with van der Waals surface area (Å²) in [5.74, 6) is -1.61. The molecule has 0 fully saturated rings. The molecule has 7 heteroatoms. The van der Waals surface area contributed by atoms with Crippen molar-refractivity contribution in [3.63, 3.8) is 0 Å². The van der Waals surface area contributed by atoms with Gasteiger partial charge in [0.05, 0.1) is 5.56 Å². The van der Waals surface area contributed by atoms with Gasteiger partial charge in [0.1, 0.15) is 5.69 Å². The molecule has 1 rings (SSSR count). The maximum Gasteiger partial charge on any atom is 0.352 e. The Hall–Kier alpha value is -1.76. The number of hydrogen-bond acceptors (Lipinski definition) is 3. The van der Waals surface area contributed by atoms with Gasteiger partial charge in [-0.2, -0.15) is 0 Å². The highest BCUT2D eigenvalue weighted by Gasteiger charge is 2.23. The first-order valence-electron chi connectivity index (χ1n) is 3.95. The maximum atomic E-state index is 12.4. The van der Waals surface area contributed by atoms with Crippen LogP contribution >= 0.6 is 0 Å². The molecule has 0 saturated carbocycles. The van der Waals surface area contributed by atoms with Crippen LogP contribution in [0.15, 0.2) is 11.0 Å². The first-order chi connectivity index (χ1) is 6.99. The molecule has 0 aliphatic rings. The van der Waals surface area contributed by atoms with Gasteiger partial charge in [0.15, 0.2) is 5.43 Å². The van der Waals surface area contributed by atoms with Gasteiger partial charge in [-0.1, -0.05) is 0 Å². The summed E-state index contributed by atoms with van der Waals surface area (Å²) in [5, 5.41) is 8.57. The summed E-state index contributed by atoms with van der Waals surface area (Å²) in [6.07, 6.45) is -2.12. The molecule has 0 unspecified atom stereocenters. The van der Waals surface area contributed by atoms with E-state index in [1.54, 1.807) is 0 Å². The maximum absolute atomic E-state index is 12.4. The number of carbonyl (C=O) groups is 1. The van der Waals surface area contributed by atoms with Gasteiger partial charge in [0, 0.05) is 18.3 Å². The van der Waals surface area contributed by atoms with Crippen molar-refractivity contribution in [2.45, 2.75) is 13.0 Å². The van der Waals surface area contributed by atoms with Crippen LogP contribution in [0.25, 0.3) is 0 Å². The Morgan fingerprint density at radius 3 is 2.60 bits per heavy atom. The zero-order valence-corrected chi connectivity index (χ0v) is 7.46. The Morgan fingerprint density at radius 1 is 1.60 bits per heavy atom. The van der Waals surface area contributed by atoms with Gasteiger partial charge in [0.2, 0.25) is 0 Å². The fourth-order valence-electron chi connectivity index (χ4n) is 1.13. The van der Waals surface area contributed by atoms with Gasteiger partial charge < -0.3 is 15.8 Å². The average Bonchev–Trinajstić information content (AvgIpc) is 2.16. The summed E-state index contributed by atoms with van der Waals surface area (Å²) in [7, 11) is 0. The number of aromatic nitrogens is 1. The number of nitrogens with one attached hydrogen (secondary N) is 1. The highest BCUT2D eigenvalue weighted by Crippen LogP contribution is 2.18. The second kappa shape index (κ2) is 4.18. The molecule has 1 heterocycles. The lowest BCUT2D eigenvalue weighted by Crippen LogP contribution is -2.23. The summed E-state index contributed by atoms with van der Waals surface area (Å²) in [5.41, 5.74) is 2.19. The standard InChI is InChI=1S/C8H8F2N2O3/c9-7(10)4-5(8(14)15)12-2-3(1-11)6(4)13/h2,7H,1,11H2,(H,12,13)(H,14,15). The molecule has 1 aromatic rings. The van der Waals surface area contributed by atoms with E-state index in [0.717, 1.165) is 6.20 Å². The normalized spacial score (nSPS) is 10.7. The molecule has 0 aliphatic carbocycles. The third kappa shape index (κ3) is 2.01. The zero-order valence-electron chi connectivity index (χ0n) is 7.46. The van der Waals surface area contributed by atoms with Crippen LogP contribution in [0, 0.1) is 0 Å². The second-order valence-corrected chi connectivity index (χ2v) is 2.74. The number of aromatic amines is 1. The molecular formula is C8H8F2N2O3. The zero-order chi connectivity index (χ0) is 11.6.